The quantitative estimate of drug-likeness (QED) is 0.131. The van der Waals surface area contributed by atoms with Crippen molar-refractivity contribution < 1.29 is 34.8 Å². The van der Waals surface area contributed by atoms with E-state index in [1.54, 1.807) is 0 Å². The van der Waals surface area contributed by atoms with Gasteiger partial charge in [-0.05, 0) is 57.1 Å². The molecule has 8 aromatic rings. The number of furan rings is 1. The molecule has 3 aromatic heterocycles. The van der Waals surface area contributed by atoms with Crippen molar-refractivity contribution in [3.63, 3.8) is 0 Å². The summed E-state index contributed by atoms with van der Waals surface area (Å²) in [5.74, 6) is 1.84. The van der Waals surface area contributed by atoms with E-state index in [0.29, 0.717) is 11.5 Å². The molecular weight excluding hydrogens is 798 g/mol. The van der Waals surface area contributed by atoms with Crippen molar-refractivity contribution in [1.82, 2.24) is 9.55 Å². The first-order chi connectivity index (χ1) is 23.9. The van der Waals surface area contributed by atoms with Crippen LogP contribution in [-0.2, 0) is 26.5 Å². The van der Waals surface area contributed by atoms with Crippen LogP contribution in [0.4, 0.5) is 0 Å². The molecule has 6 heteroatoms. The van der Waals surface area contributed by atoms with Crippen LogP contribution in [0.5, 0.6) is 5.75 Å². The van der Waals surface area contributed by atoms with E-state index in [1.165, 1.54) is 0 Å². The third-order valence-corrected chi connectivity index (χ3v) is 9.04. The first-order valence-corrected chi connectivity index (χ1v) is 16.4. The molecule has 3 heterocycles. The van der Waals surface area contributed by atoms with Gasteiger partial charge >= 0.3 is 0 Å². The molecule has 5 nitrogen and oxygen atoms in total. The molecule has 0 fully saturated rings. The van der Waals surface area contributed by atoms with Crippen LogP contribution in [0.2, 0.25) is 0 Å². The molecule has 0 atom stereocenters. The Morgan fingerprint density at radius 2 is 1.40 bits per heavy atom. The molecule has 50 heavy (non-hydrogen) atoms. The van der Waals surface area contributed by atoms with Gasteiger partial charge in [-0.1, -0.05) is 123 Å². The maximum Gasteiger partial charge on any atom is 0.268 e. The molecule has 0 aliphatic heterocycles. The summed E-state index contributed by atoms with van der Waals surface area (Å²) in [6.07, 6.45) is 9.07. The van der Waals surface area contributed by atoms with Crippen molar-refractivity contribution in [2.45, 2.75) is 26.2 Å². The van der Waals surface area contributed by atoms with Crippen molar-refractivity contribution in [1.29, 1.82) is 0 Å². The van der Waals surface area contributed by atoms with E-state index in [2.05, 4.69) is 104 Å². The van der Waals surface area contributed by atoms with Crippen LogP contribution in [0.3, 0.4) is 0 Å². The summed E-state index contributed by atoms with van der Waals surface area (Å²) in [6.45, 7) is 6.57. The number of aromatic nitrogens is 3. The Morgan fingerprint density at radius 1 is 0.720 bits per heavy atom. The topological polar surface area (TPSA) is 44.1 Å². The van der Waals surface area contributed by atoms with E-state index in [9.17, 15) is 0 Å². The molecule has 5 aromatic carbocycles. The number of hydrogen-bond acceptors (Lipinski definition) is 3. The van der Waals surface area contributed by atoms with Crippen molar-refractivity contribution >= 4 is 27.9 Å². The Kier molecular flexibility index (Phi) is 7.89. The molecule has 0 bridgehead atoms. The first kappa shape index (κ1) is 31.7. The van der Waals surface area contributed by atoms with Gasteiger partial charge in [0, 0.05) is 38.5 Å². The predicted octanol–water partition coefficient (Wildman–Crippen LogP) is 9.86. The van der Waals surface area contributed by atoms with Gasteiger partial charge in [0.15, 0.2) is 0 Å². The number of para-hydroxylation sites is 3. The predicted molar refractivity (Wildman–Crippen MR) is 192 cm³/mol. The molecule has 0 N–H and O–H groups in total. The molecule has 0 unspecified atom stereocenters. The van der Waals surface area contributed by atoms with Gasteiger partial charge in [-0.15, -0.1) is 12.1 Å². The average Bonchev–Trinajstić information content (AvgIpc) is 3.70. The number of pyridine rings is 1. The normalized spacial score (nSPS) is 12.3. The van der Waals surface area contributed by atoms with Gasteiger partial charge in [-0.2, -0.15) is 12.1 Å². The Labute approximate surface area is 305 Å². The van der Waals surface area contributed by atoms with Crippen LogP contribution in [0.15, 0.2) is 138 Å². The number of fused-ring (bicyclic) bond motifs is 8. The van der Waals surface area contributed by atoms with E-state index in [0.717, 1.165) is 72.6 Å². The Bertz CT molecular complexity index is 2570. The smallest absolute Gasteiger partial charge is 0.268 e. The molecule has 0 saturated heterocycles. The molecule has 0 radical (unpaired) electrons. The second-order valence-corrected chi connectivity index (χ2v) is 13.2. The SMILES string of the molecule is CC(C)(C)c1ccnc2c3c(oc12)-c1ccccc1-c1ccccc1C(Oc1[c-]c(-[n+]2[c-]n(-c4ccccc4)c4ccccc42)ccc1)=[C-]3.[Pt]. The first-order valence-electron chi connectivity index (χ1n) is 16.4. The minimum absolute atomic E-state index is 0. The summed E-state index contributed by atoms with van der Waals surface area (Å²) in [5, 5.41) is 0. The van der Waals surface area contributed by atoms with Crippen molar-refractivity contribution in [2.75, 3.05) is 0 Å². The zero-order valence-electron chi connectivity index (χ0n) is 27.7. The number of ether oxygens (including phenoxy) is 1. The number of hydrogen-bond donors (Lipinski definition) is 0. The van der Waals surface area contributed by atoms with Gasteiger partial charge in [-0.25, -0.2) is 0 Å². The zero-order chi connectivity index (χ0) is 33.1. The molecule has 9 rings (SSSR count). The van der Waals surface area contributed by atoms with Crippen molar-refractivity contribution in [3.8, 4) is 39.6 Å². The average molecular weight is 829 g/mol. The third kappa shape index (κ3) is 5.30. The molecule has 1 aliphatic carbocycles. The van der Waals surface area contributed by atoms with Gasteiger partial charge in [0.05, 0.1) is 28.2 Å². The van der Waals surface area contributed by atoms with Crippen molar-refractivity contribution in [2.24, 2.45) is 0 Å². The summed E-state index contributed by atoms with van der Waals surface area (Å²) in [5.41, 5.74) is 11.1. The number of rotatable bonds is 4. The van der Waals surface area contributed by atoms with Crippen LogP contribution >= 0.6 is 0 Å². The number of imidazole rings is 1. The van der Waals surface area contributed by atoms with E-state index in [4.69, 9.17) is 14.1 Å². The number of benzene rings is 5. The molecule has 0 spiro atoms. The molecule has 0 amide bonds. The summed E-state index contributed by atoms with van der Waals surface area (Å²) >= 11 is 0. The standard InChI is InChI=1S/C44H31N3O2.Pt/c1-44(2,3)37-24-25-45-41-36-27-40(34-20-9-7-18-32(34)33-19-8-10-21-35(33)42(36)49-43(37)41)48-31-17-13-16-30(26-31)47-28-46(29-14-5-4-6-15-29)38-22-11-12-23-39(38)47;/h4-25H,1-3H3;/q-2;. The summed E-state index contributed by atoms with van der Waals surface area (Å²) in [7, 11) is 0. The summed E-state index contributed by atoms with van der Waals surface area (Å²) < 4.78 is 17.7. The third-order valence-electron chi connectivity index (χ3n) is 9.04. The fourth-order valence-corrected chi connectivity index (χ4v) is 6.72. The van der Waals surface area contributed by atoms with E-state index >= 15 is 0 Å². The molecule has 1 aliphatic rings. The maximum atomic E-state index is 6.82. The molecular formula is C44H31N3O2Pt-2. The van der Waals surface area contributed by atoms with Gasteiger partial charge in [0.1, 0.15) is 5.58 Å². The van der Waals surface area contributed by atoms with Gasteiger partial charge < -0.3 is 18.7 Å². The van der Waals surface area contributed by atoms with E-state index in [-0.39, 0.29) is 26.5 Å². The Balaban J connectivity index is 0.00000361. The van der Waals surface area contributed by atoms with Gasteiger partial charge in [0.2, 0.25) is 0 Å². The van der Waals surface area contributed by atoms with E-state index in [1.807, 2.05) is 77.5 Å². The molecule has 0 saturated carbocycles. The fraction of sp³-hybridized carbons (Fsp3) is 0.0909. The fourth-order valence-electron chi connectivity index (χ4n) is 6.72. The van der Waals surface area contributed by atoms with Crippen LogP contribution < -0.4 is 9.30 Å². The monoisotopic (exact) mass is 828 g/mol. The second kappa shape index (κ2) is 12.4. The van der Waals surface area contributed by atoms with Crippen LogP contribution in [0, 0.1) is 18.5 Å². The Hall–Kier alpha value is -5.51. The van der Waals surface area contributed by atoms with Crippen molar-refractivity contribution in [3.05, 3.63) is 169 Å². The Morgan fingerprint density at radius 3 is 2.18 bits per heavy atom. The second-order valence-electron chi connectivity index (χ2n) is 13.2. The zero-order valence-corrected chi connectivity index (χ0v) is 29.9. The minimum atomic E-state index is -0.146. The molecule has 246 valence electrons. The summed E-state index contributed by atoms with van der Waals surface area (Å²) in [4.78, 5) is 4.84. The van der Waals surface area contributed by atoms with Crippen LogP contribution in [-0.4, -0.2) is 9.55 Å². The largest absolute Gasteiger partial charge is 0.507 e. The minimum Gasteiger partial charge on any atom is -0.507 e. The van der Waals surface area contributed by atoms with Gasteiger partial charge in [-0.3, -0.25) is 4.57 Å². The van der Waals surface area contributed by atoms with Gasteiger partial charge in [0.25, 0.3) is 6.33 Å². The van der Waals surface area contributed by atoms with E-state index < -0.39 is 0 Å². The maximum absolute atomic E-state index is 6.82. The van der Waals surface area contributed by atoms with Crippen LogP contribution in [0.1, 0.15) is 37.5 Å². The number of nitrogens with zero attached hydrogens (tertiary/aromatic N) is 3. The summed E-state index contributed by atoms with van der Waals surface area (Å²) in [6, 6.07) is 46.7. The van der Waals surface area contributed by atoms with Crippen LogP contribution in [0.25, 0.3) is 61.7 Å².